The van der Waals surface area contributed by atoms with E-state index in [1.165, 1.54) is 5.56 Å². The van der Waals surface area contributed by atoms with Gasteiger partial charge in [0.05, 0.1) is 10.2 Å². The van der Waals surface area contributed by atoms with Crippen molar-refractivity contribution < 1.29 is 0 Å². The highest BCUT2D eigenvalue weighted by Crippen LogP contribution is 2.27. The van der Waals surface area contributed by atoms with Gasteiger partial charge in [-0.25, -0.2) is 4.98 Å². The molecule has 0 spiro atoms. The summed E-state index contributed by atoms with van der Waals surface area (Å²) in [6, 6.07) is 14.2. The number of fused-ring (bicyclic) bond motifs is 1. The van der Waals surface area contributed by atoms with E-state index in [9.17, 15) is 0 Å². The number of anilines is 2. The molecule has 20 heavy (non-hydrogen) atoms. The number of rotatable bonds is 4. The number of aromatic nitrogens is 1. The quantitative estimate of drug-likeness (QED) is 0.692. The topological polar surface area (TPSA) is 50.9 Å². The van der Waals surface area contributed by atoms with Gasteiger partial charge in [-0.05, 0) is 42.3 Å². The Morgan fingerprint density at radius 1 is 1.15 bits per heavy atom. The van der Waals surface area contributed by atoms with Crippen molar-refractivity contribution >= 4 is 48.3 Å². The van der Waals surface area contributed by atoms with Gasteiger partial charge in [0, 0.05) is 16.7 Å². The molecule has 3 rings (SSSR count). The van der Waals surface area contributed by atoms with Crippen LogP contribution in [0.3, 0.4) is 0 Å². The molecule has 102 valence electrons. The molecular weight excluding hydrogens is 334 g/mol. The van der Waals surface area contributed by atoms with Gasteiger partial charge < -0.3 is 11.1 Å². The molecule has 0 radical (unpaired) electrons. The Kier molecular flexibility index (Phi) is 3.89. The fourth-order valence-electron chi connectivity index (χ4n) is 1.98. The molecule has 0 bridgehead atoms. The number of hydrogen-bond acceptors (Lipinski definition) is 4. The number of thiazole rings is 1. The van der Waals surface area contributed by atoms with Crippen molar-refractivity contribution in [3.63, 3.8) is 0 Å². The summed E-state index contributed by atoms with van der Waals surface area (Å²) in [7, 11) is 0. The lowest BCUT2D eigenvalue weighted by Crippen LogP contribution is -2.04. The van der Waals surface area contributed by atoms with Crippen molar-refractivity contribution in [3.05, 3.63) is 52.5 Å². The lowest BCUT2D eigenvalue weighted by molar-refractivity contribution is 1.02. The second-order valence-electron chi connectivity index (χ2n) is 4.55. The average Bonchev–Trinajstić information content (AvgIpc) is 2.83. The molecule has 2 aromatic carbocycles. The summed E-state index contributed by atoms with van der Waals surface area (Å²) in [5.41, 5.74) is 8.86. The van der Waals surface area contributed by atoms with E-state index in [0.29, 0.717) is 0 Å². The first-order chi connectivity index (χ1) is 9.70. The number of benzene rings is 2. The lowest BCUT2D eigenvalue weighted by Gasteiger charge is -2.02. The Labute approximate surface area is 130 Å². The Balaban J connectivity index is 1.63. The van der Waals surface area contributed by atoms with Crippen LogP contribution >= 0.6 is 27.3 Å². The minimum atomic E-state index is 0.780. The van der Waals surface area contributed by atoms with E-state index >= 15 is 0 Å². The second-order valence-corrected chi connectivity index (χ2v) is 6.50. The molecule has 1 aromatic heterocycles. The fraction of sp³-hybridized carbons (Fsp3) is 0.133. The van der Waals surface area contributed by atoms with E-state index in [0.717, 1.165) is 38.5 Å². The van der Waals surface area contributed by atoms with Crippen LogP contribution in [0.2, 0.25) is 0 Å². The Morgan fingerprint density at radius 2 is 1.95 bits per heavy atom. The Bertz CT molecular complexity index is 722. The monoisotopic (exact) mass is 347 g/mol. The second kappa shape index (κ2) is 5.81. The molecule has 3 nitrogen and oxygen atoms in total. The predicted molar refractivity (Wildman–Crippen MR) is 90.4 cm³/mol. The van der Waals surface area contributed by atoms with E-state index < -0.39 is 0 Å². The maximum Gasteiger partial charge on any atom is 0.183 e. The molecule has 1 heterocycles. The smallest absolute Gasteiger partial charge is 0.183 e. The zero-order valence-corrected chi connectivity index (χ0v) is 13.2. The van der Waals surface area contributed by atoms with Gasteiger partial charge in [0.2, 0.25) is 0 Å². The number of hydrogen-bond donors (Lipinski definition) is 2. The summed E-state index contributed by atoms with van der Waals surface area (Å²) < 4.78 is 2.23. The number of nitrogens with two attached hydrogens (primary N) is 1. The van der Waals surface area contributed by atoms with Crippen LogP contribution < -0.4 is 11.1 Å². The Hall–Kier alpha value is -1.59. The third kappa shape index (κ3) is 3.11. The van der Waals surface area contributed by atoms with E-state index in [-0.39, 0.29) is 0 Å². The summed E-state index contributed by atoms with van der Waals surface area (Å²) in [5, 5.41) is 4.32. The number of nitrogens with one attached hydrogen (secondary N) is 1. The molecule has 0 amide bonds. The molecular formula is C15H14BrN3S. The van der Waals surface area contributed by atoms with Crippen LogP contribution in [-0.4, -0.2) is 11.5 Å². The van der Waals surface area contributed by atoms with E-state index in [4.69, 9.17) is 5.73 Å². The average molecular weight is 348 g/mol. The molecule has 0 aliphatic heterocycles. The highest BCUT2D eigenvalue weighted by molar-refractivity contribution is 9.10. The van der Waals surface area contributed by atoms with Gasteiger partial charge in [0.1, 0.15) is 0 Å². The highest BCUT2D eigenvalue weighted by atomic mass is 79.9. The summed E-state index contributed by atoms with van der Waals surface area (Å²) in [6.45, 7) is 0.872. The summed E-state index contributed by atoms with van der Waals surface area (Å²) in [4.78, 5) is 4.54. The first-order valence-electron chi connectivity index (χ1n) is 6.35. The van der Waals surface area contributed by atoms with Crippen molar-refractivity contribution in [3.8, 4) is 0 Å². The molecule has 0 fully saturated rings. The third-order valence-electron chi connectivity index (χ3n) is 3.02. The first kappa shape index (κ1) is 13.4. The summed E-state index contributed by atoms with van der Waals surface area (Å²) >= 11 is 5.08. The summed E-state index contributed by atoms with van der Waals surface area (Å²) in [5.74, 6) is 0. The van der Waals surface area contributed by atoms with E-state index in [1.54, 1.807) is 11.3 Å². The van der Waals surface area contributed by atoms with Gasteiger partial charge in [0.15, 0.2) is 5.13 Å². The largest absolute Gasteiger partial charge is 0.399 e. The third-order valence-corrected chi connectivity index (χ3v) is 4.52. The van der Waals surface area contributed by atoms with Crippen molar-refractivity contribution in [2.75, 3.05) is 17.6 Å². The van der Waals surface area contributed by atoms with Gasteiger partial charge in [0.25, 0.3) is 0 Å². The van der Waals surface area contributed by atoms with Crippen LogP contribution in [0.4, 0.5) is 10.8 Å². The molecule has 0 saturated heterocycles. The van der Waals surface area contributed by atoms with Crippen molar-refractivity contribution in [1.82, 2.24) is 4.98 Å². The van der Waals surface area contributed by atoms with Crippen LogP contribution in [0, 0.1) is 0 Å². The van der Waals surface area contributed by atoms with Crippen LogP contribution in [0.5, 0.6) is 0 Å². The lowest BCUT2D eigenvalue weighted by atomic mass is 10.1. The van der Waals surface area contributed by atoms with Crippen molar-refractivity contribution in [2.24, 2.45) is 0 Å². The van der Waals surface area contributed by atoms with Gasteiger partial charge in [-0.2, -0.15) is 0 Å². The van der Waals surface area contributed by atoms with Gasteiger partial charge in [-0.1, -0.05) is 39.4 Å². The molecule has 0 saturated carbocycles. The molecule has 0 aliphatic carbocycles. The van der Waals surface area contributed by atoms with Crippen LogP contribution in [-0.2, 0) is 6.42 Å². The molecule has 0 atom stereocenters. The summed E-state index contributed by atoms with van der Waals surface area (Å²) in [6.07, 6.45) is 0.978. The fourth-order valence-corrected chi connectivity index (χ4v) is 3.19. The number of nitrogen functional groups attached to an aromatic ring is 1. The maximum absolute atomic E-state index is 5.78. The SMILES string of the molecule is Nc1ccc2nc(NCCc3ccc(Br)cc3)sc2c1. The molecule has 0 unspecified atom stereocenters. The van der Waals surface area contributed by atoms with Crippen LogP contribution in [0.1, 0.15) is 5.56 Å². The predicted octanol–water partition coefficient (Wildman–Crippen LogP) is 4.30. The van der Waals surface area contributed by atoms with Crippen LogP contribution in [0.25, 0.3) is 10.2 Å². The zero-order chi connectivity index (χ0) is 13.9. The Morgan fingerprint density at radius 3 is 2.75 bits per heavy atom. The maximum atomic E-state index is 5.78. The normalized spacial score (nSPS) is 10.8. The van der Waals surface area contributed by atoms with Crippen LogP contribution in [0.15, 0.2) is 46.9 Å². The molecule has 0 aliphatic rings. The van der Waals surface area contributed by atoms with Gasteiger partial charge in [-0.15, -0.1) is 0 Å². The number of halogens is 1. The minimum absolute atomic E-state index is 0.780. The van der Waals surface area contributed by atoms with Crippen molar-refractivity contribution in [2.45, 2.75) is 6.42 Å². The molecule has 3 N–H and O–H groups in total. The highest BCUT2D eigenvalue weighted by Gasteiger charge is 2.03. The molecule has 5 heteroatoms. The number of nitrogens with zero attached hydrogens (tertiary/aromatic N) is 1. The van der Waals surface area contributed by atoms with E-state index in [1.807, 2.05) is 18.2 Å². The minimum Gasteiger partial charge on any atom is -0.399 e. The van der Waals surface area contributed by atoms with Gasteiger partial charge >= 0.3 is 0 Å². The van der Waals surface area contributed by atoms with Gasteiger partial charge in [-0.3, -0.25) is 0 Å². The first-order valence-corrected chi connectivity index (χ1v) is 7.96. The zero-order valence-electron chi connectivity index (χ0n) is 10.8. The standard InChI is InChI=1S/C15H14BrN3S/c16-11-3-1-10(2-4-11)7-8-18-15-19-13-6-5-12(17)9-14(13)20-15/h1-6,9H,7-8,17H2,(H,18,19). The molecule has 3 aromatic rings. The van der Waals surface area contributed by atoms with E-state index in [2.05, 4.69) is 50.5 Å². The van der Waals surface area contributed by atoms with Crippen molar-refractivity contribution in [1.29, 1.82) is 0 Å².